The molecule has 0 unspecified atom stereocenters. The van der Waals surface area contributed by atoms with Crippen molar-refractivity contribution in [1.82, 2.24) is 4.98 Å². The summed E-state index contributed by atoms with van der Waals surface area (Å²) in [5.74, 6) is 1.53. The summed E-state index contributed by atoms with van der Waals surface area (Å²) in [5.41, 5.74) is 4.42. The Morgan fingerprint density at radius 1 is 0.941 bits per heavy atom. The number of carbonyl (C=O) groups excluding carboxylic acids is 1. The molecular weight excluding hydrogens is 460 g/mol. The molecule has 0 fully saturated rings. The number of anilines is 1. The minimum atomic E-state index is -0.0104. The third kappa shape index (κ3) is 6.27. The van der Waals surface area contributed by atoms with E-state index in [4.69, 9.17) is 9.72 Å². The van der Waals surface area contributed by atoms with Gasteiger partial charge in [0.2, 0.25) is 5.91 Å². The molecule has 0 aliphatic rings. The Balaban J connectivity index is 1.39. The van der Waals surface area contributed by atoms with Gasteiger partial charge in [-0.15, -0.1) is 23.1 Å². The van der Waals surface area contributed by atoms with E-state index in [9.17, 15) is 4.79 Å². The topological polar surface area (TPSA) is 51.2 Å². The van der Waals surface area contributed by atoms with E-state index >= 15 is 0 Å². The summed E-state index contributed by atoms with van der Waals surface area (Å²) >= 11 is 3.24. The molecule has 4 aromatic rings. The molecule has 1 amide bonds. The van der Waals surface area contributed by atoms with Crippen molar-refractivity contribution in [3.63, 3.8) is 0 Å². The molecule has 1 aromatic heterocycles. The molecule has 0 radical (unpaired) electrons. The molecule has 0 saturated carbocycles. The van der Waals surface area contributed by atoms with E-state index in [1.54, 1.807) is 30.2 Å². The predicted octanol–water partition coefficient (Wildman–Crippen LogP) is 7.56. The van der Waals surface area contributed by atoms with Gasteiger partial charge in [0.1, 0.15) is 5.75 Å². The van der Waals surface area contributed by atoms with Crippen LogP contribution in [0.5, 0.6) is 5.75 Å². The van der Waals surface area contributed by atoms with Crippen LogP contribution in [0.4, 0.5) is 5.13 Å². The lowest BCUT2D eigenvalue weighted by molar-refractivity contribution is -0.115. The fourth-order valence-corrected chi connectivity index (χ4v) is 5.55. The predicted molar refractivity (Wildman–Crippen MR) is 144 cm³/mol. The van der Waals surface area contributed by atoms with Gasteiger partial charge in [-0.2, -0.15) is 0 Å². The zero-order chi connectivity index (χ0) is 23.8. The number of hydrogen-bond acceptors (Lipinski definition) is 5. The highest BCUT2D eigenvalue weighted by molar-refractivity contribution is 7.99. The van der Waals surface area contributed by atoms with Crippen molar-refractivity contribution in [3.05, 3.63) is 83.7 Å². The monoisotopic (exact) mass is 488 g/mol. The summed E-state index contributed by atoms with van der Waals surface area (Å²) in [4.78, 5) is 19.7. The summed E-state index contributed by atoms with van der Waals surface area (Å²) in [6.45, 7) is 2.16. The van der Waals surface area contributed by atoms with Gasteiger partial charge in [-0.05, 0) is 41.8 Å². The van der Waals surface area contributed by atoms with Gasteiger partial charge in [0, 0.05) is 27.5 Å². The summed E-state index contributed by atoms with van der Waals surface area (Å²) in [6, 6.07) is 26.7. The SMILES string of the molecule is CCCc1sc(NC(=O)CCSc2ccc(OC)cc2)nc1-c1ccc(-c2ccccc2)cc1. The van der Waals surface area contributed by atoms with Crippen molar-refractivity contribution >= 4 is 34.1 Å². The number of nitrogens with one attached hydrogen (secondary N) is 1. The molecular formula is C28H28N2O2S2. The second kappa shape index (κ2) is 11.9. The second-order valence-corrected chi connectivity index (χ2v) is 10.1. The van der Waals surface area contributed by atoms with E-state index in [1.165, 1.54) is 16.0 Å². The lowest BCUT2D eigenvalue weighted by atomic mass is 10.0. The van der Waals surface area contributed by atoms with Crippen molar-refractivity contribution in [3.8, 4) is 28.1 Å². The summed E-state index contributed by atoms with van der Waals surface area (Å²) < 4.78 is 5.19. The highest BCUT2D eigenvalue weighted by Gasteiger charge is 2.15. The highest BCUT2D eigenvalue weighted by atomic mass is 32.2. The number of thioether (sulfide) groups is 1. The quantitative estimate of drug-likeness (QED) is 0.234. The largest absolute Gasteiger partial charge is 0.497 e. The first kappa shape index (κ1) is 24.0. The lowest BCUT2D eigenvalue weighted by Gasteiger charge is -2.05. The van der Waals surface area contributed by atoms with E-state index in [2.05, 4.69) is 48.6 Å². The first-order valence-corrected chi connectivity index (χ1v) is 13.2. The molecule has 4 rings (SSSR count). The maximum atomic E-state index is 12.5. The molecule has 4 nitrogen and oxygen atoms in total. The number of rotatable bonds is 10. The van der Waals surface area contributed by atoms with Crippen molar-refractivity contribution < 1.29 is 9.53 Å². The van der Waals surface area contributed by atoms with Crippen molar-refractivity contribution in [2.45, 2.75) is 31.1 Å². The van der Waals surface area contributed by atoms with Gasteiger partial charge in [0.25, 0.3) is 0 Å². The fraction of sp³-hybridized carbons (Fsp3) is 0.214. The van der Waals surface area contributed by atoms with Gasteiger partial charge in [0.15, 0.2) is 5.13 Å². The molecule has 0 spiro atoms. The Labute approximate surface area is 209 Å². The highest BCUT2D eigenvalue weighted by Crippen LogP contribution is 2.33. The third-order valence-electron chi connectivity index (χ3n) is 5.34. The van der Waals surface area contributed by atoms with Gasteiger partial charge >= 0.3 is 0 Å². The van der Waals surface area contributed by atoms with E-state index < -0.39 is 0 Å². The van der Waals surface area contributed by atoms with Gasteiger partial charge in [-0.1, -0.05) is 67.9 Å². The van der Waals surface area contributed by atoms with Crippen LogP contribution < -0.4 is 10.1 Å². The van der Waals surface area contributed by atoms with Crippen molar-refractivity contribution in [2.75, 3.05) is 18.2 Å². The molecule has 1 heterocycles. The molecule has 3 aromatic carbocycles. The van der Waals surface area contributed by atoms with E-state index in [0.29, 0.717) is 17.3 Å². The van der Waals surface area contributed by atoms with Crippen molar-refractivity contribution in [1.29, 1.82) is 0 Å². The summed E-state index contributed by atoms with van der Waals surface area (Å²) in [7, 11) is 1.65. The summed E-state index contributed by atoms with van der Waals surface area (Å²) in [6.07, 6.45) is 2.40. The maximum Gasteiger partial charge on any atom is 0.226 e. The number of methoxy groups -OCH3 is 1. The average molecular weight is 489 g/mol. The minimum absolute atomic E-state index is 0.0104. The van der Waals surface area contributed by atoms with E-state index in [-0.39, 0.29) is 5.91 Å². The Morgan fingerprint density at radius 2 is 1.62 bits per heavy atom. The smallest absolute Gasteiger partial charge is 0.226 e. The fourth-order valence-electron chi connectivity index (χ4n) is 3.59. The van der Waals surface area contributed by atoms with Crippen LogP contribution in [-0.4, -0.2) is 23.8 Å². The summed E-state index contributed by atoms with van der Waals surface area (Å²) in [5, 5.41) is 3.68. The number of aromatic nitrogens is 1. The number of aryl methyl sites for hydroxylation is 1. The van der Waals surface area contributed by atoms with Crippen LogP contribution in [0.15, 0.2) is 83.8 Å². The number of benzene rings is 3. The zero-order valence-corrected chi connectivity index (χ0v) is 21.0. The van der Waals surface area contributed by atoms with Crippen LogP contribution >= 0.6 is 23.1 Å². The normalized spacial score (nSPS) is 10.8. The number of amides is 1. The average Bonchev–Trinajstić information content (AvgIpc) is 3.27. The molecule has 0 aliphatic heterocycles. The number of ether oxygens (including phenoxy) is 1. The third-order valence-corrected chi connectivity index (χ3v) is 7.39. The van der Waals surface area contributed by atoms with E-state index in [0.717, 1.165) is 34.7 Å². The van der Waals surface area contributed by atoms with Gasteiger partial charge in [-0.25, -0.2) is 4.98 Å². The van der Waals surface area contributed by atoms with Gasteiger partial charge in [0.05, 0.1) is 12.8 Å². The van der Waals surface area contributed by atoms with Crippen LogP contribution in [0.2, 0.25) is 0 Å². The van der Waals surface area contributed by atoms with Gasteiger partial charge < -0.3 is 10.1 Å². The van der Waals surface area contributed by atoms with Crippen LogP contribution in [0.1, 0.15) is 24.6 Å². The molecule has 0 saturated heterocycles. The van der Waals surface area contributed by atoms with Crippen LogP contribution in [0, 0.1) is 0 Å². The van der Waals surface area contributed by atoms with Crippen molar-refractivity contribution in [2.24, 2.45) is 0 Å². The van der Waals surface area contributed by atoms with Gasteiger partial charge in [-0.3, -0.25) is 4.79 Å². The zero-order valence-electron chi connectivity index (χ0n) is 19.4. The second-order valence-electron chi connectivity index (χ2n) is 7.81. The first-order valence-electron chi connectivity index (χ1n) is 11.4. The Hall–Kier alpha value is -3.09. The molecule has 0 aliphatic carbocycles. The molecule has 174 valence electrons. The van der Waals surface area contributed by atoms with Crippen LogP contribution in [0.3, 0.4) is 0 Å². The lowest BCUT2D eigenvalue weighted by Crippen LogP contribution is -2.11. The Kier molecular flexibility index (Phi) is 8.39. The number of hydrogen-bond donors (Lipinski definition) is 1. The molecule has 34 heavy (non-hydrogen) atoms. The van der Waals surface area contributed by atoms with Crippen LogP contribution in [-0.2, 0) is 11.2 Å². The minimum Gasteiger partial charge on any atom is -0.497 e. The molecule has 0 bridgehead atoms. The molecule has 6 heteroatoms. The van der Waals surface area contributed by atoms with E-state index in [1.807, 2.05) is 42.5 Å². The molecule has 0 atom stereocenters. The maximum absolute atomic E-state index is 12.5. The Bertz CT molecular complexity index is 1200. The molecule has 1 N–H and O–H groups in total. The standard InChI is InChI=1S/C28H28N2O2S2/c1-3-7-25-27(22-12-10-21(11-13-22)20-8-5-4-6-9-20)30-28(34-25)29-26(31)18-19-33-24-16-14-23(32-2)15-17-24/h4-6,8-17H,3,7,18-19H2,1-2H3,(H,29,30,31). The first-order chi connectivity index (χ1) is 16.7. The number of thiazole rings is 1. The number of carbonyl (C=O) groups is 1. The Morgan fingerprint density at radius 3 is 2.29 bits per heavy atom. The van der Waals surface area contributed by atoms with Crippen LogP contribution in [0.25, 0.3) is 22.4 Å². The number of nitrogens with zero attached hydrogens (tertiary/aromatic N) is 1.